The van der Waals surface area contributed by atoms with Gasteiger partial charge in [0.25, 0.3) is 0 Å². The lowest BCUT2D eigenvalue weighted by atomic mass is 10.0. The Kier molecular flexibility index (Phi) is 2.47. The van der Waals surface area contributed by atoms with Gasteiger partial charge in [-0.25, -0.2) is 4.68 Å². The number of hydrogen-bond acceptors (Lipinski definition) is 4. The van der Waals surface area contributed by atoms with Crippen molar-refractivity contribution >= 4 is 0 Å². The Labute approximate surface area is 87.4 Å². The molecule has 0 bridgehead atoms. The number of aryl methyl sites for hydroxylation is 2. The Morgan fingerprint density at radius 3 is 2.80 bits per heavy atom. The Balaban J connectivity index is 2.41. The molecule has 5 nitrogen and oxygen atoms in total. The molecule has 0 aromatic carbocycles. The first-order valence-corrected chi connectivity index (χ1v) is 4.63. The van der Waals surface area contributed by atoms with Crippen LogP contribution in [0.15, 0.2) is 24.7 Å². The lowest BCUT2D eigenvalue weighted by Crippen LogP contribution is -2.08. The van der Waals surface area contributed by atoms with Crippen LogP contribution in [-0.2, 0) is 7.05 Å². The normalized spacial score (nSPS) is 12.7. The van der Waals surface area contributed by atoms with Gasteiger partial charge in [0, 0.05) is 25.0 Å². The van der Waals surface area contributed by atoms with Crippen molar-refractivity contribution in [2.75, 3.05) is 0 Å². The van der Waals surface area contributed by atoms with Crippen molar-refractivity contribution in [1.82, 2.24) is 20.0 Å². The quantitative estimate of drug-likeness (QED) is 0.778. The fraction of sp³-hybridized carbons (Fsp3) is 0.300. The van der Waals surface area contributed by atoms with Gasteiger partial charge in [-0.2, -0.15) is 0 Å². The number of aliphatic hydroxyl groups is 1. The zero-order valence-electron chi connectivity index (χ0n) is 8.62. The van der Waals surface area contributed by atoms with E-state index in [0.29, 0.717) is 5.69 Å². The predicted octanol–water partition coefficient (Wildman–Crippen LogP) is 0.600. The molecule has 0 fully saturated rings. The molecule has 15 heavy (non-hydrogen) atoms. The molecule has 2 aromatic heterocycles. The molecule has 0 aliphatic carbocycles. The summed E-state index contributed by atoms with van der Waals surface area (Å²) in [6.07, 6.45) is 4.19. The van der Waals surface area contributed by atoms with Gasteiger partial charge in [-0.1, -0.05) is 5.21 Å². The van der Waals surface area contributed by atoms with Crippen LogP contribution in [0, 0.1) is 6.92 Å². The first-order chi connectivity index (χ1) is 7.20. The number of rotatable bonds is 2. The fourth-order valence-electron chi connectivity index (χ4n) is 1.47. The monoisotopic (exact) mass is 204 g/mol. The van der Waals surface area contributed by atoms with Crippen LogP contribution in [0.2, 0.25) is 0 Å². The molecule has 0 saturated heterocycles. The second-order valence-corrected chi connectivity index (χ2v) is 3.42. The summed E-state index contributed by atoms with van der Waals surface area (Å²) in [6.45, 7) is 1.93. The van der Waals surface area contributed by atoms with E-state index in [1.807, 2.05) is 13.0 Å². The minimum absolute atomic E-state index is 0.658. The molecule has 0 saturated carbocycles. The molecule has 2 rings (SSSR count). The average Bonchev–Trinajstić information content (AvgIpc) is 2.64. The largest absolute Gasteiger partial charge is 0.382 e. The van der Waals surface area contributed by atoms with E-state index in [1.165, 1.54) is 0 Å². The summed E-state index contributed by atoms with van der Waals surface area (Å²) in [5, 5.41) is 17.6. The molecule has 2 heterocycles. The summed E-state index contributed by atoms with van der Waals surface area (Å²) in [5.74, 6) is 0. The Morgan fingerprint density at radius 1 is 1.40 bits per heavy atom. The van der Waals surface area contributed by atoms with Crippen molar-refractivity contribution in [2.45, 2.75) is 13.0 Å². The summed E-state index contributed by atoms with van der Waals surface area (Å²) in [4.78, 5) is 4.00. The SMILES string of the molecule is Cc1ccncc1C(O)c1cnnn1C. The minimum Gasteiger partial charge on any atom is -0.382 e. The van der Waals surface area contributed by atoms with Crippen molar-refractivity contribution in [3.05, 3.63) is 41.5 Å². The molecule has 0 aliphatic rings. The van der Waals surface area contributed by atoms with Crippen LogP contribution in [-0.4, -0.2) is 25.1 Å². The van der Waals surface area contributed by atoms with Crippen LogP contribution < -0.4 is 0 Å². The summed E-state index contributed by atoms with van der Waals surface area (Å²) in [5.41, 5.74) is 2.44. The van der Waals surface area contributed by atoms with Crippen LogP contribution in [0.5, 0.6) is 0 Å². The zero-order valence-corrected chi connectivity index (χ0v) is 8.62. The molecular formula is C10H12N4O. The second-order valence-electron chi connectivity index (χ2n) is 3.42. The Morgan fingerprint density at radius 2 is 2.20 bits per heavy atom. The van der Waals surface area contributed by atoms with Gasteiger partial charge < -0.3 is 5.11 Å². The van der Waals surface area contributed by atoms with E-state index in [0.717, 1.165) is 11.1 Å². The van der Waals surface area contributed by atoms with Crippen molar-refractivity contribution in [2.24, 2.45) is 7.05 Å². The second kappa shape index (κ2) is 3.78. The Hall–Kier alpha value is -1.75. The van der Waals surface area contributed by atoms with Crippen molar-refractivity contribution < 1.29 is 5.11 Å². The van der Waals surface area contributed by atoms with Gasteiger partial charge in [-0.05, 0) is 18.6 Å². The van der Waals surface area contributed by atoms with Crippen molar-refractivity contribution in [3.8, 4) is 0 Å². The summed E-state index contributed by atoms with van der Waals surface area (Å²) in [7, 11) is 1.75. The standard InChI is InChI=1S/C10H12N4O/c1-7-3-4-11-5-8(7)10(15)9-6-12-13-14(9)2/h3-6,10,15H,1-2H3. The van der Waals surface area contributed by atoms with E-state index in [4.69, 9.17) is 0 Å². The van der Waals surface area contributed by atoms with Gasteiger partial charge in [-0.3, -0.25) is 4.98 Å². The highest BCUT2D eigenvalue weighted by Gasteiger charge is 2.16. The van der Waals surface area contributed by atoms with E-state index in [1.54, 1.807) is 30.3 Å². The highest BCUT2D eigenvalue weighted by Crippen LogP contribution is 2.22. The van der Waals surface area contributed by atoms with Gasteiger partial charge in [0.15, 0.2) is 0 Å². The molecule has 0 spiro atoms. The number of hydrogen-bond donors (Lipinski definition) is 1. The maximum atomic E-state index is 10.1. The number of nitrogens with zero attached hydrogens (tertiary/aromatic N) is 4. The van der Waals surface area contributed by atoms with Crippen molar-refractivity contribution in [1.29, 1.82) is 0 Å². The van der Waals surface area contributed by atoms with Gasteiger partial charge in [0.1, 0.15) is 6.10 Å². The van der Waals surface area contributed by atoms with E-state index < -0.39 is 6.10 Å². The van der Waals surface area contributed by atoms with Crippen LogP contribution >= 0.6 is 0 Å². The highest BCUT2D eigenvalue weighted by molar-refractivity contribution is 5.28. The van der Waals surface area contributed by atoms with E-state index in [9.17, 15) is 5.11 Å². The third kappa shape index (κ3) is 1.73. The molecule has 0 aliphatic heterocycles. The first kappa shape index (κ1) is 9.79. The molecule has 1 unspecified atom stereocenters. The predicted molar refractivity (Wildman–Crippen MR) is 54.0 cm³/mol. The maximum Gasteiger partial charge on any atom is 0.124 e. The average molecular weight is 204 g/mol. The number of aliphatic hydroxyl groups excluding tert-OH is 1. The van der Waals surface area contributed by atoms with Gasteiger partial charge in [0.05, 0.1) is 11.9 Å². The van der Waals surface area contributed by atoms with E-state index in [2.05, 4.69) is 15.3 Å². The summed E-state index contributed by atoms with van der Waals surface area (Å²) in [6, 6.07) is 1.86. The minimum atomic E-state index is -0.723. The molecule has 1 atom stereocenters. The zero-order chi connectivity index (χ0) is 10.8. The topological polar surface area (TPSA) is 63.8 Å². The fourth-order valence-corrected chi connectivity index (χ4v) is 1.47. The maximum absolute atomic E-state index is 10.1. The van der Waals surface area contributed by atoms with Crippen LogP contribution in [0.4, 0.5) is 0 Å². The lowest BCUT2D eigenvalue weighted by molar-refractivity contribution is 0.208. The van der Waals surface area contributed by atoms with Crippen molar-refractivity contribution in [3.63, 3.8) is 0 Å². The van der Waals surface area contributed by atoms with Crippen LogP contribution in [0.1, 0.15) is 22.9 Å². The Bertz CT molecular complexity index is 466. The first-order valence-electron chi connectivity index (χ1n) is 4.63. The lowest BCUT2D eigenvalue weighted by Gasteiger charge is -2.12. The van der Waals surface area contributed by atoms with Gasteiger partial charge >= 0.3 is 0 Å². The molecule has 2 aromatic rings. The highest BCUT2D eigenvalue weighted by atomic mass is 16.3. The molecule has 1 N–H and O–H groups in total. The molecular weight excluding hydrogens is 192 g/mol. The molecule has 0 amide bonds. The van der Waals surface area contributed by atoms with E-state index >= 15 is 0 Å². The van der Waals surface area contributed by atoms with Crippen LogP contribution in [0.25, 0.3) is 0 Å². The number of aromatic nitrogens is 4. The third-order valence-electron chi connectivity index (χ3n) is 2.40. The van der Waals surface area contributed by atoms with Gasteiger partial charge in [0.2, 0.25) is 0 Å². The third-order valence-corrected chi connectivity index (χ3v) is 2.40. The molecule has 0 radical (unpaired) electrons. The number of pyridine rings is 1. The summed E-state index contributed by atoms with van der Waals surface area (Å²) < 4.78 is 1.55. The van der Waals surface area contributed by atoms with Gasteiger partial charge in [-0.15, -0.1) is 5.10 Å². The molecule has 5 heteroatoms. The summed E-state index contributed by atoms with van der Waals surface area (Å²) >= 11 is 0. The smallest absolute Gasteiger partial charge is 0.124 e. The molecule has 78 valence electrons. The van der Waals surface area contributed by atoms with E-state index in [-0.39, 0.29) is 0 Å². The van der Waals surface area contributed by atoms with Crippen LogP contribution in [0.3, 0.4) is 0 Å².